The number of ether oxygens (including phenoxy) is 1. The molecule has 0 amide bonds. The first-order chi connectivity index (χ1) is 11.7. The predicted octanol–water partition coefficient (Wildman–Crippen LogP) is 4.31. The lowest BCUT2D eigenvalue weighted by Gasteiger charge is -2.32. The van der Waals surface area contributed by atoms with E-state index in [-0.39, 0.29) is 18.2 Å². The quantitative estimate of drug-likeness (QED) is 0.545. The molecule has 0 aliphatic carbocycles. The van der Waals surface area contributed by atoms with Gasteiger partial charge in [-0.2, -0.15) is 0 Å². The van der Waals surface area contributed by atoms with E-state index in [4.69, 9.17) is 14.0 Å². The first-order valence-electron chi connectivity index (χ1n) is 9.21. The Morgan fingerprint density at radius 3 is 2.16 bits per heavy atom. The van der Waals surface area contributed by atoms with Crippen LogP contribution in [0.4, 0.5) is 0 Å². The van der Waals surface area contributed by atoms with E-state index < -0.39 is 18.3 Å². The highest BCUT2D eigenvalue weighted by Crippen LogP contribution is 2.41. The minimum absolute atomic E-state index is 0.186. The Kier molecular flexibility index (Phi) is 6.33. The number of esters is 1. The summed E-state index contributed by atoms with van der Waals surface area (Å²) in [4.78, 5) is 11.9. The number of benzene rings is 1. The number of aryl methyl sites for hydroxylation is 1. The zero-order valence-electron chi connectivity index (χ0n) is 16.4. The van der Waals surface area contributed by atoms with Gasteiger partial charge < -0.3 is 14.0 Å². The van der Waals surface area contributed by atoms with Crippen LogP contribution in [0.5, 0.6) is 0 Å². The van der Waals surface area contributed by atoms with Crippen molar-refractivity contribution in [3.05, 3.63) is 35.4 Å². The summed E-state index contributed by atoms with van der Waals surface area (Å²) < 4.78 is 17.3. The smallest absolute Gasteiger partial charge is 0.466 e. The van der Waals surface area contributed by atoms with Gasteiger partial charge in [0.15, 0.2) is 0 Å². The van der Waals surface area contributed by atoms with Crippen molar-refractivity contribution in [2.45, 2.75) is 77.3 Å². The highest BCUT2D eigenvalue weighted by atomic mass is 16.7. The number of hydrogen-bond donors (Lipinski definition) is 0. The SMILES string of the molecule is CCCCc1ccc(C(CC(=O)OC)B2OC(C)(C)C(C)(C)O2)cc1. The Morgan fingerprint density at radius 2 is 1.68 bits per heavy atom. The van der Waals surface area contributed by atoms with E-state index in [9.17, 15) is 4.79 Å². The Hall–Kier alpha value is -1.33. The number of carbonyl (C=O) groups excluding carboxylic acids is 1. The van der Waals surface area contributed by atoms with E-state index in [0.717, 1.165) is 12.0 Å². The summed E-state index contributed by atoms with van der Waals surface area (Å²) in [5.41, 5.74) is 1.51. The van der Waals surface area contributed by atoms with Gasteiger partial charge in [-0.1, -0.05) is 37.6 Å². The molecule has 0 radical (unpaired) electrons. The summed E-state index contributed by atoms with van der Waals surface area (Å²) in [6.07, 6.45) is 3.68. The monoisotopic (exact) mass is 346 g/mol. The summed E-state index contributed by atoms with van der Waals surface area (Å²) in [5.74, 6) is -0.441. The maximum Gasteiger partial charge on any atom is 0.466 e. The van der Waals surface area contributed by atoms with E-state index >= 15 is 0 Å². The molecule has 1 heterocycles. The van der Waals surface area contributed by atoms with Crippen LogP contribution in [-0.4, -0.2) is 31.4 Å². The van der Waals surface area contributed by atoms with Gasteiger partial charge in [-0.05, 0) is 51.7 Å². The molecule has 1 saturated heterocycles. The van der Waals surface area contributed by atoms with E-state index in [2.05, 4.69) is 31.2 Å². The number of carbonyl (C=O) groups is 1. The van der Waals surface area contributed by atoms with Crippen LogP contribution in [-0.2, 0) is 25.3 Å². The molecule has 0 saturated carbocycles. The predicted molar refractivity (Wildman–Crippen MR) is 101 cm³/mol. The lowest BCUT2D eigenvalue weighted by atomic mass is 9.66. The van der Waals surface area contributed by atoms with Crippen molar-refractivity contribution in [2.24, 2.45) is 0 Å². The van der Waals surface area contributed by atoms with Crippen molar-refractivity contribution >= 4 is 13.1 Å². The zero-order chi connectivity index (χ0) is 18.7. The summed E-state index contributed by atoms with van der Waals surface area (Å²) in [5, 5.41) is 0. The molecule has 1 aliphatic heterocycles. The van der Waals surface area contributed by atoms with Crippen LogP contribution in [0.25, 0.3) is 0 Å². The molecule has 0 spiro atoms. The van der Waals surface area contributed by atoms with Crippen LogP contribution in [0.3, 0.4) is 0 Å². The van der Waals surface area contributed by atoms with Crippen LogP contribution in [0, 0.1) is 0 Å². The fourth-order valence-electron chi connectivity index (χ4n) is 3.00. The second kappa shape index (κ2) is 7.92. The van der Waals surface area contributed by atoms with Gasteiger partial charge in [0, 0.05) is 5.82 Å². The molecule has 0 aromatic heterocycles. The van der Waals surface area contributed by atoms with Gasteiger partial charge in [0.1, 0.15) is 0 Å². The summed E-state index contributed by atoms with van der Waals surface area (Å²) >= 11 is 0. The van der Waals surface area contributed by atoms with E-state index in [0.29, 0.717) is 0 Å². The first kappa shape index (κ1) is 20.0. The van der Waals surface area contributed by atoms with Crippen molar-refractivity contribution in [1.82, 2.24) is 0 Å². The van der Waals surface area contributed by atoms with Crippen LogP contribution in [0.1, 0.15) is 70.8 Å². The van der Waals surface area contributed by atoms with Gasteiger partial charge >= 0.3 is 13.1 Å². The molecule has 1 unspecified atom stereocenters. The van der Waals surface area contributed by atoms with Gasteiger partial charge in [0.25, 0.3) is 0 Å². The van der Waals surface area contributed by atoms with Crippen molar-refractivity contribution in [2.75, 3.05) is 7.11 Å². The van der Waals surface area contributed by atoms with Gasteiger partial charge in [0.05, 0.1) is 24.7 Å². The summed E-state index contributed by atoms with van der Waals surface area (Å²) in [7, 11) is 0.947. The Balaban J connectivity index is 2.23. The number of rotatable bonds is 7. The van der Waals surface area contributed by atoms with E-state index in [1.165, 1.54) is 25.5 Å². The minimum Gasteiger partial charge on any atom is -0.469 e. The Bertz CT molecular complexity index is 564. The standard InChI is InChI=1S/C20H31BO4/c1-7-8-9-15-10-12-16(13-11-15)17(14-18(22)23-6)21-24-19(2,3)20(4,5)25-21/h10-13,17H,7-9,14H2,1-6H3. The molecular formula is C20H31BO4. The fraction of sp³-hybridized carbons (Fsp3) is 0.650. The highest BCUT2D eigenvalue weighted by molar-refractivity contribution is 6.48. The maximum absolute atomic E-state index is 11.9. The highest BCUT2D eigenvalue weighted by Gasteiger charge is 2.54. The number of hydrogen-bond acceptors (Lipinski definition) is 4. The molecule has 1 atom stereocenters. The van der Waals surface area contributed by atoms with Crippen molar-refractivity contribution in [1.29, 1.82) is 0 Å². The largest absolute Gasteiger partial charge is 0.469 e. The van der Waals surface area contributed by atoms with Crippen LogP contribution in [0.15, 0.2) is 24.3 Å². The molecular weight excluding hydrogens is 315 g/mol. The molecule has 4 nitrogen and oxygen atoms in total. The van der Waals surface area contributed by atoms with Crippen molar-refractivity contribution < 1.29 is 18.8 Å². The second-order valence-electron chi connectivity index (χ2n) is 7.86. The Labute approximate surface area is 152 Å². The van der Waals surface area contributed by atoms with Gasteiger partial charge in [0.2, 0.25) is 0 Å². The number of unbranched alkanes of at least 4 members (excludes halogenated alkanes) is 1. The Morgan fingerprint density at radius 1 is 1.12 bits per heavy atom. The third-order valence-electron chi connectivity index (χ3n) is 5.44. The normalized spacial score (nSPS) is 19.7. The van der Waals surface area contributed by atoms with Crippen LogP contribution < -0.4 is 0 Å². The van der Waals surface area contributed by atoms with E-state index in [1.807, 2.05) is 27.7 Å². The third-order valence-corrected chi connectivity index (χ3v) is 5.44. The molecule has 1 aromatic carbocycles. The van der Waals surface area contributed by atoms with E-state index in [1.54, 1.807) is 0 Å². The average molecular weight is 346 g/mol. The lowest BCUT2D eigenvalue weighted by molar-refractivity contribution is -0.140. The third kappa shape index (κ3) is 4.65. The molecule has 1 aliphatic rings. The second-order valence-corrected chi connectivity index (χ2v) is 7.86. The van der Waals surface area contributed by atoms with Gasteiger partial charge in [-0.3, -0.25) is 4.79 Å². The summed E-state index contributed by atoms with van der Waals surface area (Å²) in [6, 6.07) is 8.45. The number of methoxy groups -OCH3 is 1. The minimum atomic E-state index is -0.467. The maximum atomic E-state index is 11.9. The molecule has 1 fully saturated rings. The molecule has 1 aromatic rings. The zero-order valence-corrected chi connectivity index (χ0v) is 16.4. The fourth-order valence-corrected chi connectivity index (χ4v) is 3.00. The molecule has 0 bridgehead atoms. The topological polar surface area (TPSA) is 44.8 Å². The van der Waals surface area contributed by atoms with Crippen molar-refractivity contribution in [3.63, 3.8) is 0 Å². The molecule has 0 N–H and O–H groups in total. The molecule has 2 rings (SSSR count). The average Bonchev–Trinajstić information content (AvgIpc) is 2.78. The summed E-state index contributed by atoms with van der Waals surface area (Å²) in [6.45, 7) is 10.3. The van der Waals surface area contributed by atoms with Gasteiger partial charge in [-0.25, -0.2) is 0 Å². The first-order valence-corrected chi connectivity index (χ1v) is 9.21. The lowest BCUT2D eigenvalue weighted by Crippen LogP contribution is -2.41. The van der Waals surface area contributed by atoms with Crippen LogP contribution in [0.2, 0.25) is 0 Å². The molecule has 138 valence electrons. The van der Waals surface area contributed by atoms with Crippen molar-refractivity contribution in [3.8, 4) is 0 Å². The van der Waals surface area contributed by atoms with Gasteiger partial charge in [-0.15, -0.1) is 0 Å². The van der Waals surface area contributed by atoms with Crippen LogP contribution >= 0.6 is 0 Å². The molecule has 5 heteroatoms. The molecule has 25 heavy (non-hydrogen) atoms.